The van der Waals surface area contributed by atoms with Crippen molar-refractivity contribution in [2.24, 2.45) is 5.73 Å². The first-order chi connectivity index (χ1) is 8.56. The first-order valence-electron chi connectivity index (χ1n) is 5.49. The maximum absolute atomic E-state index is 7.35. The molecule has 1 aromatic heterocycles. The molecule has 0 fully saturated rings. The molecule has 0 aliphatic rings. The lowest BCUT2D eigenvalue weighted by molar-refractivity contribution is 0.953. The predicted octanol–water partition coefficient (Wildman–Crippen LogP) is 2.53. The topological polar surface area (TPSA) is 75.7 Å². The Kier molecular flexibility index (Phi) is 3.62. The van der Waals surface area contributed by atoms with Crippen molar-refractivity contribution in [1.29, 1.82) is 5.41 Å². The van der Waals surface area contributed by atoms with E-state index in [9.17, 15) is 0 Å². The highest BCUT2D eigenvalue weighted by Gasteiger charge is 2.04. The van der Waals surface area contributed by atoms with Gasteiger partial charge < -0.3 is 5.73 Å². The van der Waals surface area contributed by atoms with Crippen molar-refractivity contribution in [3.63, 3.8) is 0 Å². The van der Waals surface area contributed by atoms with Gasteiger partial charge in [-0.15, -0.1) is 0 Å². The average Bonchev–Trinajstić information content (AvgIpc) is 2.34. The number of rotatable bonds is 3. The van der Waals surface area contributed by atoms with Gasteiger partial charge in [0.2, 0.25) is 0 Å². The first kappa shape index (κ1) is 12.6. The zero-order chi connectivity index (χ0) is 13.1. The van der Waals surface area contributed by atoms with E-state index in [1.165, 1.54) is 22.9 Å². The number of hydrogen-bond donors (Lipinski definition) is 2. The number of hydrogen-bond acceptors (Lipinski definition) is 4. The summed E-state index contributed by atoms with van der Waals surface area (Å²) in [5, 5.41) is 7.95. The average molecular weight is 258 g/mol. The molecule has 3 N–H and O–H groups in total. The number of nitrogens with zero attached hydrogens (tertiary/aromatic N) is 2. The maximum atomic E-state index is 7.35. The second-order valence-corrected chi connectivity index (χ2v) is 5.03. The summed E-state index contributed by atoms with van der Waals surface area (Å²) in [4.78, 5) is 9.47. The van der Waals surface area contributed by atoms with Crippen molar-refractivity contribution >= 4 is 17.6 Å². The fourth-order valence-electron chi connectivity index (χ4n) is 1.42. The van der Waals surface area contributed by atoms with E-state index in [0.29, 0.717) is 10.9 Å². The molecule has 0 saturated carbocycles. The highest BCUT2D eigenvalue weighted by Crippen LogP contribution is 2.26. The van der Waals surface area contributed by atoms with E-state index in [1.807, 2.05) is 6.07 Å². The summed E-state index contributed by atoms with van der Waals surface area (Å²) in [7, 11) is 0. The number of nitrogens with two attached hydrogens (primary N) is 1. The quantitative estimate of drug-likeness (QED) is 0.504. The van der Waals surface area contributed by atoms with Crippen LogP contribution in [0.1, 0.15) is 16.8 Å². The Labute approximate surface area is 110 Å². The van der Waals surface area contributed by atoms with Crippen LogP contribution < -0.4 is 5.73 Å². The van der Waals surface area contributed by atoms with Crippen LogP contribution in [0.15, 0.2) is 40.5 Å². The van der Waals surface area contributed by atoms with E-state index < -0.39 is 0 Å². The van der Waals surface area contributed by atoms with Crippen molar-refractivity contribution in [3.05, 3.63) is 47.3 Å². The van der Waals surface area contributed by atoms with Crippen molar-refractivity contribution in [1.82, 2.24) is 9.97 Å². The molecule has 2 rings (SSSR count). The third-order valence-electron chi connectivity index (χ3n) is 2.60. The molecule has 0 saturated heterocycles. The van der Waals surface area contributed by atoms with Gasteiger partial charge in [0.15, 0.2) is 5.16 Å². The van der Waals surface area contributed by atoms with Gasteiger partial charge in [-0.1, -0.05) is 6.07 Å². The molecule has 0 aliphatic carbocycles. The van der Waals surface area contributed by atoms with E-state index in [-0.39, 0.29) is 5.84 Å². The molecule has 5 heteroatoms. The van der Waals surface area contributed by atoms with E-state index >= 15 is 0 Å². The van der Waals surface area contributed by atoms with Crippen LogP contribution in [0.2, 0.25) is 0 Å². The molecule has 92 valence electrons. The molecule has 0 radical (unpaired) electrons. The summed E-state index contributed by atoms with van der Waals surface area (Å²) in [6.07, 6.45) is 1.62. The second kappa shape index (κ2) is 5.18. The van der Waals surface area contributed by atoms with Crippen LogP contribution in [-0.4, -0.2) is 15.8 Å². The molecule has 0 atom stereocenters. The predicted molar refractivity (Wildman–Crippen MR) is 73.1 cm³/mol. The highest BCUT2D eigenvalue weighted by atomic mass is 32.2. The molecule has 0 bridgehead atoms. The van der Waals surface area contributed by atoms with Gasteiger partial charge in [0, 0.05) is 11.1 Å². The molecule has 1 aromatic carbocycles. The van der Waals surface area contributed by atoms with E-state index in [2.05, 4.69) is 35.9 Å². The Morgan fingerprint density at radius 3 is 2.67 bits per heavy atom. The molecular weight excluding hydrogens is 244 g/mol. The van der Waals surface area contributed by atoms with E-state index in [4.69, 9.17) is 11.1 Å². The van der Waals surface area contributed by atoms with Crippen LogP contribution in [0.3, 0.4) is 0 Å². The van der Waals surface area contributed by atoms with Gasteiger partial charge in [0.25, 0.3) is 0 Å². The molecule has 18 heavy (non-hydrogen) atoms. The monoisotopic (exact) mass is 258 g/mol. The van der Waals surface area contributed by atoms with Gasteiger partial charge in [-0.05, 0) is 54.9 Å². The number of nitrogens with one attached hydrogen (secondary N) is 1. The Hall–Kier alpha value is -1.88. The van der Waals surface area contributed by atoms with Crippen LogP contribution in [0.5, 0.6) is 0 Å². The number of amidine groups is 1. The Bertz CT molecular complexity index is 595. The minimum Gasteiger partial charge on any atom is -0.382 e. The fraction of sp³-hybridized carbons (Fsp3) is 0.154. The molecule has 1 heterocycles. The smallest absolute Gasteiger partial charge is 0.193 e. The van der Waals surface area contributed by atoms with Gasteiger partial charge in [-0.2, -0.15) is 0 Å². The molecule has 0 amide bonds. The summed E-state index contributed by atoms with van der Waals surface area (Å²) < 4.78 is 0. The Morgan fingerprint density at radius 2 is 2.00 bits per heavy atom. The SMILES string of the molecule is Cc1ccc(Sc2nccc(C(=N)N)n2)cc1C. The lowest BCUT2D eigenvalue weighted by Crippen LogP contribution is -2.13. The summed E-state index contributed by atoms with van der Waals surface area (Å²) >= 11 is 1.47. The lowest BCUT2D eigenvalue weighted by atomic mass is 10.1. The minimum absolute atomic E-state index is 0.0423. The maximum Gasteiger partial charge on any atom is 0.193 e. The minimum atomic E-state index is -0.0423. The standard InChI is InChI=1S/C13H14N4S/c1-8-3-4-10(7-9(8)2)18-13-16-6-5-11(17-13)12(14)15/h3-7H,1-2H3,(H3,14,15). The summed E-state index contributed by atoms with van der Waals surface area (Å²) in [5.74, 6) is -0.0423. The van der Waals surface area contributed by atoms with Gasteiger partial charge >= 0.3 is 0 Å². The molecular formula is C13H14N4S. The van der Waals surface area contributed by atoms with Crippen LogP contribution in [0.25, 0.3) is 0 Å². The molecule has 0 aliphatic heterocycles. The second-order valence-electron chi connectivity index (χ2n) is 3.99. The zero-order valence-corrected chi connectivity index (χ0v) is 11.1. The highest BCUT2D eigenvalue weighted by molar-refractivity contribution is 7.99. The van der Waals surface area contributed by atoms with Crippen molar-refractivity contribution in [3.8, 4) is 0 Å². The van der Waals surface area contributed by atoms with Gasteiger partial charge in [0.05, 0.1) is 0 Å². The number of benzene rings is 1. The lowest BCUT2D eigenvalue weighted by Gasteiger charge is -2.05. The summed E-state index contributed by atoms with van der Waals surface area (Å²) in [5.41, 5.74) is 8.36. The van der Waals surface area contributed by atoms with Crippen LogP contribution in [-0.2, 0) is 0 Å². The van der Waals surface area contributed by atoms with Crippen LogP contribution in [0, 0.1) is 19.3 Å². The van der Waals surface area contributed by atoms with E-state index in [0.717, 1.165) is 4.90 Å². The number of nitrogen functional groups attached to an aromatic ring is 1. The largest absolute Gasteiger partial charge is 0.382 e. The molecule has 4 nitrogen and oxygen atoms in total. The number of aromatic nitrogens is 2. The third-order valence-corrected chi connectivity index (χ3v) is 3.47. The normalized spacial score (nSPS) is 10.3. The van der Waals surface area contributed by atoms with Gasteiger partial charge in [-0.25, -0.2) is 9.97 Å². The zero-order valence-electron chi connectivity index (χ0n) is 10.3. The van der Waals surface area contributed by atoms with Crippen molar-refractivity contribution in [2.45, 2.75) is 23.9 Å². The van der Waals surface area contributed by atoms with Crippen LogP contribution in [0.4, 0.5) is 0 Å². The Balaban J connectivity index is 2.25. The Morgan fingerprint density at radius 1 is 1.22 bits per heavy atom. The fourth-order valence-corrected chi connectivity index (χ4v) is 2.26. The summed E-state index contributed by atoms with van der Waals surface area (Å²) in [6.45, 7) is 4.16. The van der Waals surface area contributed by atoms with Crippen LogP contribution >= 0.6 is 11.8 Å². The van der Waals surface area contributed by atoms with Gasteiger partial charge in [0.1, 0.15) is 11.5 Å². The summed E-state index contributed by atoms with van der Waals surface area (Å²) in [6, 6.07) is 7.85. The first-order valence-corrected chi connectivity index (χ1v) is 6.30. The molecule has 2 aromatic rings. The van der Waals surface area contributed by atoms with E-state index in [1.54, 1.807) is 12.3 Å². The third kappa shape index (κ3) is 2.87. The van der Waals surface area contributed by atoms with Gasteiger partial charge in [-0.3, -0.25) is 5.41 Å². The van der Waals surface area contributed by atoms with Crippen molar-refractivity contribution < 1.29 is 0 Å². The van der Waals surface area contributed by atoms with Crippen molar-refractivity contribution in [2.75, 3.05) is 0 Å². The molecule has 0 spiro atoms. The number of aryl methyl sites for hydroxylation is 2. The molecule has 0 unspecified atom stereocenters.